The van der Waals surface area contributed by atoms with Gasteiger partial charge in [-0.3, -0.25) is 0 Å². The molecule has 0 atom stereocenters. The molecular weight excluding hydrogens is 341 g/mol. The fourth-order valence-corrected chi connectivity index (χ4v) is 3.55. The first kappa shape index (κ1) is 19.9. The van der Waals surface area contributed by atoms with Gasteiger partial charge >= 0.3 is 0 Å². The van der Waals surface area contributed by atoms with Crippen molar-refractivity contribution >= 4 is 23.2 Å². The fourth-order valence-electron chi connectivity index (χ4n) is 3.26. The van der Waals surface area contributed by atoms with Crippen LogP contribution >= 0.6 is 23.2 Å². The average Bonchev–Trinajstić information content (AvgIpc) is 2.60. The number of likely N-dealkylation sites (tertiary alicyclic amines) is 1. The zero-order valence-electron chi connectivity index (χ0n) is 14.7. The summed E-state index contributed by atoms with van der Waals surface area (Å²) in [5.41, 5.74) is 0. The van der Waals surface area contributed by atoms with Crippen molar-refractivity contribution in [1.82, 2.24) is 4.90 Å². The standard InChI is InChI=1S/C20H31Cl2NO/c21-19-12-11-18(17-20(19)22)24-16-10-5-3-1-2-4-7-13-23-14-8-6-9-15-23/h11-12,17H,1-10,13-16H2. The van der Waals surface area contributed by atoms with E-state index in [1.807, 2.05) is 6.07 Å². The fraction of sp³-hybridized carbons (Fsp3) is 0.700. The van der Waals surface area contributed by atoms with Gasteiger partial charge in [-0.25, -0.2) is 0 Å². The van der Waals surface area contributed by atoms with Crippen LogP contribution in [-0.2, 0) is 0 Å². The van der Waals surface area contributed by atoms with Crippen molar-refractivity contribution in [3.05, 3.63) is 28.2 Å². The van der Waals surface area contributed by atoms with Crippen molar-refractivity contribution in [1.29, 1.82) is 0 Å². The molecule has 1 fully saturated rings. The van der Waals surface area contributed by atoms with Gasteiger partial charge in [0.25, 0.3) is 0 Å². The van der Waals surface area contributed by atoms with Gasteiger partial charge < -0.3 is 9.64 Å². The number of rotatable bonds is 11. The molecule has 1 heterocycles. The van der Waals surface area contributed by atoms with E-state index in [0.29, 0.717) is 10.0 Å². The first-order chi connectivity index (χ1) is 11.8. The number of nitrogens with zero attached hydrogens (tertiary/aromatic N) is 1. The van der Waals surface area contributed by atoms with Gasteiger partial charge in [-0.15, -0.1) is 0 Å². The van der Waals surface area contributed by atoms with Crippen molar-refractivity contribution in [3.63, 3.8) is 0 Å². The Morgan fingerprint density at radius 2 is 1.46 bits per heavy atom. The zero-order valence-corrected chi connectivity index (χ0v) is 16.3. The minimum absolute atomic E-state index is 0.554. The van der Waals surface area contributed by atoms with Crippen LogP contribution in [0, 0.1) is 0 Å². The number of halogens is 2. The number of piperidine rings is 1. The normalized spacial score (nSPS) is 15.6. The Labute approximate surface area is 157 Å². The van der Waals surface area contributed by atoms with Crippen LogP contribution in [0.4, 0.5) is 0 Å². The molecule has 0 aliphatic carbocycles. The van der Waals surface area contributed by atoms with Crippen molar-refractivity contribution in [2.75, 3.05) is 26.2 Å². The molecule has 2 nitrogen and oxygen atoms in total. The Bertz CT molecular complexity index is 461. The highest BCUT2D eigenvalue weighted by atomic mass is 35.5. The first-order valence-corrected chi connectivity index (χ1v) is 10.3. The quantitative estimate of drug-likeness (QED) is 0.406. The molecular formula is C20H31Cl2NO. The van der Waals surface area contributed by atoms with E-state index >= 15 is 0 Å². The van der Waals surface area contributed by atoms with E-state index in [1.54, 1.807) is 12.1 Å². The van der Waals surface area contributed by atoms with Gasteiger partial charge in [0.05, 0.1) is 16.7 Å². The zero-order chi connectivity index (χ0) is 17.0. The van der Waals surface area contributed by atoms with Crippen LogP contribution < -0.4 is 4.74 Å². The molecule has 0 bridgehead atoms. The summed E-state index contributed by atoms with van der Waals surface area (Å²) in [7, 11) is 0. The summed E-state index contributed by atoms with van der Waals surface area (Å²) in [6, 6.07) is 5.44. The van der Waals surface area contributed by atoms with Gasteiger partial charge in [-0.05, 0) is 57.5 Å². The van der Waals surface area contributed by atoms with Crippen molar-refractivity contribution in [2.24, 2.45) is 0 Å². The van der Waals surface area contributed by atoms with Gasteiger partial charge in [-0.1, -0.05) is 61.7 Å². The lowest BCUT2D eigenvalue weighted by atomic mass is 10.1. The molecule has 0 spiro atoms. The topological polar surface area (TPSA) is 12.5 Å². The molecule has 1 aliphatic heterocycles. The molecule has 0 radical (unpaired) electrons. The third-order valence-corrected chi connectivity index (χ3v) is 5.47. The molecule has 24 heavy (non-hydrogen) atoms. The van der Waals surface area contributed by atoms with Crippen LogP contribution in [0.1, 0.15) is 64.2 Å². The maximum absolute atomic E-state index is 5.97. The molecule has 1 aromatic rings. The summed E-state index contributed by atoms with van der Waals surface area (Å²) >= 11 is 11.9. The highest BCUT2D eigenvalue weighted by Crippen LogP contribution is 2.26. The summed E-state index contributed by atoms with van der Waals surface area (Å²) in [5, 5.41) is 1.13. The number of unbranched alkanes of at least 4 members (excludes halogenated alkanes) is 6. The molecule has 0 N–H and O–H groups in total. The SMILES string of the molecule is Clc1ccc(OCCCCCCCCCN2CCCCC2)cc1Cl. The van der Waals surface area contributed by atoms with Crippen molar-refractivity contribution in [2.45, 2.75) is 64.2 Å². The summed E-state index contributed by atoms with van der Waals surface area (Å²) in [4.78, 5) is 2.64. The maximum atomic E-state index is 5.97. The van der Waals surface area contributed by atoms with E-state index in [1.165, 1.54) is 77.4 Å². The van der Waals surface area contributed by atoms with Gasteiger partial charge in [0.2, 0.25) is 0 Å². The predicted octanol–water partition coefficient (Wildman–Crippen LogP) is 6.59. The minimum Gasteiger partial charge on any atom is -0.494 e. The minimum atomic E-state index is 0.554. The summed E-state index contributed by atoms with van der Waals surface area (Å²) < 4.78 is 5.71. The van der Waals surface area contributed by atoms with Crippen molar-refractivity contribution < 1.29 is 4.74 Å². The van der Waals surface area contributed by atoms with Gasteiger partial charge in [-0.2, -0.15) is 0 Å². The molecule has 136 valence electrons. The molecule has 4 heteroatoms. The molecule has 1 aromatic carbocycles. The Hall–Kier alpha value is -0.440. The van der Waals surface area contributed by atoms with Crippen LogP contribution in [0.15, 0.2) is 18.2 Å². The van der Waals surface area contributed by atoms with E-state index in [9.17, 15) is 0 Å². The van der Waals surface area contributed by atoms with Crippen LogP contribution in [0.2, 0.25) is 10.0 Å². The number of ether oxygens (including phenoxy) is 1. The Morgan fingerprint density at radius 1 is 0.792 bits per heavy atom. The highest BCUT2D eigenvalue weighted by Gasteiger charge is 2.08. The third kappa shape index (κ3) is 8.09. The Kier molecular flexibility index (Phi) is 9.94. The molecule has 1 saturated heterocycles. The second-order valence-corrected chi connectivity index (χ2v) is 7.62. The van der Waals surface area contributed by atoms with Crippen LogP contribution in [0.3, 0.4) is 0 Å². The molecule has 0 unspecified atom stereocenters. The number of hydrogen-bond acceptors (Lipinski definition) is 2. The van der Waals surface area contributed by atoms with Crippen LogP contribution in [0.5, 0.6) is 5.75 Å². The van der Waals surface area contributed by atoms with E-state index in [0.717, 1.165) is 18.8 Å². The summed E-state index contributed by atoms with van der Waals surface area (Å²) in [6.07, 6.45) is 13.4. The van der Waals surface area contributed by atoms with Crippen molar-refractivity contribution in [3.8, 4) is 5.75 Å². The second kappa shape index (κ2) is 12.0. The summed E-state index contributed by atoms with van der Waals surface area (Å²) in [5.74, 6) is 0.808. The lowest BCUT2D eigenvalue weighted by Crippen LogP contribution is -2.30. The molecule has 0 aromatic heterocycles. The smallest absolute Gasteiger partial charge is 0.120 e. The van der Waals surface area contributed by atoms with E-state index in [4.69, 9.17) is 27.9 Å². The average molecular weight is 372 g/mol. The van der Waals surface area contributed by atoms with Gasteiger partial charge in [0.1, 0.15) is 5.75 Å². The van der Waals surface area contributed by atoms with Gasteiger partial charge in [0, 0.05) is 6.07 Å². The third-order valence-electron chi connectivity index (χ3n) is 4.73. The highest BCUT2D eigenvalue weighted by molar-refractivity contribution is 6.42. The first-order valence-electron chi connectivity index (χ1n) is 9.56. The molecule has 1 aliphatic rings. The van der Waals surface area contributed by atoms with E-state index in [-0.39, 0.29) is 0 Å². The van der Waals surface area contributed by atoms with E-state index < -0.39 is 0 Å². The largest absolute Gasteiger partial charge is 0.494 e. The monoisotopic (exact) mass is 371 g/mol. The Morgan fingerprint density at radius 3 is 2.17 bits per heavy atom. The predicted molar refractivity (Wildman–Crippen MR) is 105 cm³/mol. The number of hydrogen-bond donors (Lipinski definition) is 0. The molecule has 0 saturated carbocycles. The number of benzene rings is 1. The Balaban J connectivity index is 1.38. The van der Waals surface area contributed by atoms with Crippen LogP contribution in [0.25, 0.3) is 0 Å². The lowest BCUT2D eigenvalue weighted by Gasteiger charge is -2.26. The van der Waals surface area contributed by atoms with E-state index in [2.05, 4.69) is 4.90 Å². The molecule has 0 amide bonds. The second-order valence-electron chi connectivity index (χ2n) is 6.80. The maximum Gasteiger partial charge on any atom is 0.120 e. The summed E-state index contributed by atoms with van der Waals surface area (Å²) in [6.45, 7) is 4.74. The lowest BCUT2D eigenvalue weighted by molar-refractivity contribution is 0.224. The molecule has 2 rings (SSSR count). The van der Waals surface area contributed by atoms with Crippen LogP contribution in [-0.4, -0.2) is 31.1 Å². The van der Waals surface area contributed by atoms with Gasteiger partial charge in [0.15, 0.2) is 0 Å².